The molecule has 2 heterocycles. The second-order valence-corrected chi connectivity index (χ2v) is 14.8. The summed E-state index contributed by atoms with van der Waals surface area (Å²) < 4.78 is 34.0. The van der Waals surface area contributed by atoms with Crippen LogP contribution in [-0.4, -0.2) is 142 Å². The van der Waals surface area contributed by atoms with E-state index in [-0.39, 0.29) is 19.6 Å². The third-order valence-corrected chi connectivity index (χ3v) is 9.91. The van der Waals surface area contributed by atoms with Crippen molar-refractivity contribution in [2.24, 2.45) is 0 Å². The Hall–Kier alpha value is -1.79. The molecule has 0 saturated carbocycles. The topological polar surface area (TPSA) is 214 Å². The molecule has 0 aromatic heterocycles. The van der Waals surface area contributed by atoms with Crippen LogP contribution in [0.3, 0.4) is 0 Å². The van der Waals surface area contributed by atoms with Crippen molar-refractivity contribution in [1.82, 2.24) is 0 Å². The van der Waals surface area contributed by atoms with Gasteiger partial charge in [-0.15, -0.1) is 0 Å². The number of ether oxygens (including phenoxy) is 6. The minimum absolute atomic E-state index is 0.0469. The van der Waals surface area contributed by atoms with Crippen LogP contribution in [0.15, 0.2) is 36.5 Å². The molecule has 2 aliphatic rings. The van der Waals surface area contributed by atoms with Crippen LogP contribution in [0.2, 0.25) is 0 Å². The molecular weight excluding hydrogens is 728 g/mol. The molecule has 0 bridgehead atoms. The first-order valence-electron chi connectivity index (χ1n) is 21.1. The van der Waals surface area contributed by atoms with Gasteiger partial charge in [0, 0.05) is 13.0 Å². The Kier molecular flexibility index (Phi) is 28.0. The summed E-state index contributed by atoms with van der Waals surface area (Å²) in [5.74, 6) is -0.392. The fourth-order valence-electron chi connectivity index (χ4n) is 6.41. The Morgan fingerprint density at radius 3 is 1.82 bits per heavy atom. The van der Waals surface area contributed by atoms with E-state index in [2.05, 4.69) is 50.3 Å². The number of aliphatic hydroxyl groups is 7. The quantitative estimate of drug-likeness (QED) is 0.0301. The molecule has 0 aromatic rings. The molecular formula is C42H74O14. The van der Waals surface area contributed by atoms with E-state index in [1.165, 1.54) is 25.7 Å². The van der Waals surface area contributed by atoms with Gasteiger partial charge in [0.1, 0.15) is 54.9 Å². The molecule has 56 heavy (non-hydrogen) atoms. The third-order valence-electron chi connectivity index (χ3n) is 9.91. The van der Waals surface area contributed by atoms with Gasteiger partial charge >= 0.3 is 5.97 Å². The zero-order valence-corrected chi connectivity index (χ0v) is 33.9. The van der Waals surface area contributed by atoms with Crippen molar-refractivity contribution >= 4 is 5.97 Å². The molecule has 0 radical (unpaired) electrons. The number of rotatable bonds is 31. The van der Waals surface area contributed by atoms with Gasteiger partial charge in [-0.25, -0.2) is 0 Å². The molecule has 0 aliphatic carbocycles. The molecule has 11 unspecified atom stereocenters. The number of hydrogen-bond acceptors (Lipinski definition) is 14. The predicted octanol–water partition coefficient (Wildman–Crippen LogP) is 3.90. The molecule has 7 N–H and O–H groups in total. The lowest BCUT2D eigenvalue weighted by molar-refractivity contribution is -0.332. The lowest BCUT2D eigenvalue weighted by Crippen LogP contribution is -2.61. The second kappa shape index (κ2) is 31.2. The molecule has 0 aromatic carbocycles. The fourth-order valence-corrected chi connectivity index (χ4v) is 6.41. The van der Waals surface area contributed by atoms with E-state index in [1.54, 1.807) is 0 Å². The van der Waals surface area contributed by atoms with Gasteiger partial charge in [0.05, 0.1) is 26.4 Å². The highest BCUT2D eigenvalue weighted by molar-refractivity contribution is 5.69. The number of allylic oxidation sites excluding steroid dienone is 6. The summed E-state index contributed by atoms with van der Waals surface area (Å²) in [4.78, 5) is 12.8. The van der Waals surface area contributed by atoms with Crippen LogP contribution in [-0.2, 0) is 33.2 Å². The highest BCUT2D eigenvalue weighted by atomic mass is 16.7. The van der Waals surface area contributed by atoms with E-state index < -0.39 is 86.7 Å². The van der Waals surface area contributed by atoms with E-state index in [9.17, 15) is 40.5 Å². The summed E-state index contributed by atoms with van der Waals surface area (Å²) in [6, 6.07) is 0. The van der Waals surface area contributed by atoms with Crippen molar-refractivity contribution in [3.63, 3.8) is 0 Å². The summed E-state index contributed by atoms with van der Waals surface area (Å²) in [5.41, 5.74) is 0. The van der Waals surface area contributed by atoms with E-state index >= 15 is 0 Å². The maximum Gasteiger partial charge on any atom is 0.306 e. The zero-order chi connectivity index (χ0) is 41.0. The predicted molar refractivity (Wildman–Crippen MR) is 210 cm³/mol. The van der Waals surface area contributed by atoms with Crippen molar-refractivity contribution in [3.8, 4) is 0 Å². The molecule has 14 nitrogen and oxygen atoms in total. The normalized spacial score (nSPS) is 29.2. The summed E-state index contributed by atoms with van der Waals surface area (Å²) in [7, 11) is 0. The minimum atomic E-state index is -1.71. The summed E-state index contributed by atoms with van der Waals surface area (Å²) >= 11 is 0. The van der Waals surface area contributed by atoms with E-state index in [0.29, 0.717) is 13.0 Å². The van der Waals surface area contributed by atoms with Gasteiger partial charge < -0.3 is 64.2 Å². The molecule has 326 valence electrons. The van der Waals surface area contributed by atoms with Gasteiger partial charge in [-0.2, -0.15) is 0 Å². The summed E-state index contributed by atoms with van der Waals surface area (Å²) in [6.45, 7) is 3.45. The number of hydrogen-bond donors (Lipinski definition) is 7. The summed E-state index contributed by atoms with van der Waals surface area (Å²) in [5, 5.41) is 71.7. The molecule has 11 atom stereocenters. The molecule has 0 spiro atoms. The molecule has 14 heteroatoms. The highest BCUT2D eigenvalue weighted by Crippen LogP contribution is 2.26. The highest BCUT2D eigenvalue weighted by Gasteiger charge is 2.47. The van der Waals surface area contributed by atoms with Gasteiger partial charge in [0.2, 0.25) is 0 Å². The average Bonchev–Trinajstić information content (AvgIpc) is 3.19. The number of carbonyl (C=O) groups excluding carboxylic acids is 1. The van der Waals surface area contributed by atoms with Crippen molar-refractivity contribution in [3.05, 3.63) is 36.5 Å². The average molecular weight is 803 g/mol. The number of carbonyl (C=O) groups is 1. The number of esters is 1. The van der Waals surface area contributed by atoms with Crippen LogP contribution in [0.25, 0.3) is 0 Å². The first-order valence-corrected chi connectivity index (χ1v) is 21.1. The lowest BCUT2D eigenvalue weighted by atomic mass is 9.98. The largest absolute Gasteiger partial charge is 0.457 e. The van der Waals surface area contributed by atoms with Crippen LogP contribution < -0.4 is 0 Å². The summed E-state index contributed by atoms with van der Waals surface area (Å²) in [6.07, 6.45) is 13.8. The standard InChI is InChI=1S/C42H74O14/c1-3-5-7-9-11-13-14-15-16-17-18-20-22-24-26-51-28-31(54-34(44)25-23-21-19-12-10-8-6-4-2)29-52-41-40(50)38(48)36(46)33(56-41)30-53-42-39(49)37(47)35(45)32(27-43)55-42/h5,7,11,13,15-16,31-33,35-43,45-50H,3-4,6,8-10,12,14,17-30H2,1-2H3/b7-5-,13-11-,16-15-. The smallest absolute Gasteiger partial charge is 0.306 e. The van der Waals surface area contributed by atoms with Crippen LogP contribution in [0, 0.1) is 0 Å². The third kappa shape index (κ3) is 20.3. The second-order valence-electron chi connectivity index (χ2n) is 14.8. The van der Waals surface area contributed by atoms with Crippen LogP contribution in [0.1, 0.15) is 123 Å². The van der Waals surface area contributed by atoms with E-state index in [0.717, 1.165) is 70.6 Å². The Bertz CT molecular complexity index is 1070. The van der Waals surface area contributed by atoms with Crippen molar-refractivity contribution in [1.29, 1.82) is 0 Å². The number of aliphatic hydroxyl groups excluding tert-OH is 7. The maximum atomic E-state index is 12.8. The number of unbranched alkanes of at least 4 members (excludes halogenated alkanes) is 11. The van der Waals surface area contributed by atoms with E-state index in [4.69, 9.17) is 28.4 Å². The van der Waals surface area contributed by atoms with Crippen LogP contribution >= 0.6 is 0 Å². The van der Waals surface area contributed by atoms with Crippen molar-refractivity contribution in [2.75, 3.05) is 33.0 Å². The molecule has 0 amide bonds. The van der Waals surface area contributed by atoms with Crippen molar-refractivity contribution < 1.29 is 69.0 Å². The Morgan fingerprint density at radius 1 is 0.607 bits per heavy atom. The van der Waals surface area contributed by atoms with Gasteiger partial charge in [0.25, 0.3) is 0 Å². The first-order chi connectivity index (χ1) is 27.1. The first kappa shape index (κ1) is 50.4. The molecule has 2 fully saturated rings. The zero-order valence-electron chi connectivity index (χ0n) is 33.9. The Labute approximate surface area is 334 Å². The Balaban J connectivity index is 1.84. The van der Waals surface area contributed by atoms with Gasteiger partial charge in [0.15, 0.2) is 12.6 Å². The van der Waals surface area contributed by atoms with Gasteiger partial charge in [-0.1, -0.05) is 108 Å². The molecule has 2 aliphatic heterocycles. The maximum absolute atomic E-state index is 12.8. The van der Waals surface area contributed by atoms with Crippen LogP contribution in [0.4, 0.5) is 0 Å². The van der Waals surface area contributed by atoms with Gasteiger partial charge in [-0.3, -0.25) is 4.79 Å². The van der Waals surface area contributed by atoms with Crippen molar-refractivity contribution in [2.45, 2.75) is 191 Å². The van der Waals surface area contributed by atoms with E-state index in [1.807, 2.05) is 0 Å². The minimum Gasteiger partial charge on any atom is -0.457 e. The molecule has 2 saturated heterocycles. The van der Waals surface area contributed by atoms with Gasteiger partial charge in [-0.05, 0) is 44.9 Å². The Morgan fingerprint density at radius 2 is 1.16 bits per heavy atom. The monoisotopic (exact) mass is 803 g/mol. The molecule has 2 rings (SSSR count). The fraction of sp³-hybridized carbons (Fsp3) is 0.833. The van der Waals surface area contributed by atoms with Crippen LogP contribution in [0.5, 0.6) is 0 Å². The lowest BCUT2D eigenvalue weighted by Gasteiger charge is -2.42. The SMILES string of the molecule is CC/C=C\C/C=C\C/C=C\CCCCCCOCC(COC1OC(COC2OC(CO)C(O)C(O)C2O)C(O)C(O)C1O)OC(=O)CCCCCCCCCC.